The van der Waals surface area contributed by atoms with Crippen LogP contribution in [0, 0.1) is 6.92 Å². The fourth-order valence-electron chi connectivity index (χ4n) is 3.03. The number of rotatable bonds is 3. The van der Waals surface area contributed by atoms with Crippen LogP contribution >= 0.6 is 27.3 Å². The van der Waals surface area contributed by atoms with Gasteiger partial charge in [0.1, 0.15) is 0 Å². The molecule has 0 aliphatic heterocycles. The highest BCUT2D eigenvalue weighted by Gasteiger charge is 2.18. The van der Waals surface area contributed by atoms with Crippen molar-refractivity contribution in [3.63, 3.8) is 0 Å². The van der Waals surface area contributed by atoms with Crippen LogP contribution in [0.5, 0.6) is 0 Å². The van der Waals surface area contributed by atoms with Crippen LogP contribution in [-0.2, 0) is 12.8 Å². The zero-order valence-electron chi connectivity index (χ0n) is 12.0. The summed E-state index contributed by atoms with van der Waals surface area (Å²) in [7, 11) is 2.05. The van der Waals surface area contributed by atoms with Crippen LogP contribution in [0.25, 0.3) is 0 Å². The Kier molecular flexibility index (Phi) is 4.29. The van der Waals surface area contributed by atoms with E-state index < -0.39 is 0 Å². The molecule has 0 amide bonds. The van der Waals surface area contributed by atoms with Crippen molar-refractivity contribution in [2.45, 2.75) is 38.6 Å². The van der Waals surface area contributed by atoms with Crippen molar-refractivity contribution in [2.75, 3.05) is 7.05 Å². The molecule has 0 spiro atoms. The number of benzene rings is 1. The second kappa shape index (κ2) is 6.00. The highest BCUT2D eigenvalue weighted by atomic mass is 79.9. The van der Waals surface area contributed by atoms with Crippen molar-refractivity contribution in [3.8, 4) is 0 Å². The Balaban J connectivity index is 1.96. The smallest absolute Gasteiger partial charge is 0.0731 e. The summed E-state index contributed by atoms with van der Waals surface area (Å²) < 4.78 is 1.24. The van der Waals surface area contributed by atoms with Gasteiger partial charge in [0.2, 0.25) is 0 Å². The fraction of sp³-hybridized carbons (Fsp3) is 0.412. The van der Waals surface area contributed by atoms with E-state index >= 15 is 0 Å². The normalized spacial score (nSPS) is 15.9. The Hall–Kier alpha value is -0.640. The zero-order valence-corrected chi connectivity index (χ0v) is 14.4. The summed E-state index contributed by atoms with van der Waals surface area (Å²) in [6, 6.07) is 9.64. The Morgan fingerprint density at radius 3 is 2.55 bits per heavy atom. The minimum Gasteiger partial charge on any atom is -0.309 e. The molecule has 1 N–H and O–H groups in total. The van der Waals surface area contributed by atoms with Gasteiger partial charge in [0, 0.05) is 4.88 Å². The monoisotopic (exact) mass is 349 g/mol. The maximum atomic E-state index is 3.64. The molecule has 1 aromatic carbocycles. The second-order valence-corrected chi connectivity index (χ2v) is 7.96. The van der Waals surface area contributed by atoms with Gasteiger partial charge in [0.25, 0.3) is 0 Å². The molecule has 3 rings (SSSR count). The van der Waals surface area contributed by atoms with E-state index in [1.165, 1.54) is 45.5 Å². The predicted molar refractivity (Wildman–Crippen MR) is 90.7 cm³/mol. The van der Waals surface area contributed by atoms with Crippen LogP contribution in [-0.4, -0.2) is 7.05 Å². The first-order chi connectivity index (χ1) is 9.69. The quantitative estimate of drug-likeness (QED) is 0.821. The zero-order chi connectivity index (χ0) is 14.1. The van der Waals surface area contributed by atoms with Gasteiger partial charge in [-0.3, -0.25) is 0 Å². The van der Waals surface area contributed by atoms with E-state index in [4.69, 9.17) is 0 Å². The summed E-state index contributed by atoms with van der Waals surface area (Å²) in [6.45, 7) is 2.16. The third kappa shape index (κ3) is 2.72. The van der Waals surface area contributed by atoms with Gasteiger partial charge in [-0.1, -0.05) is 18.2 Å². The van der Waals surface area contributed by atoms with E-state index in [9.17, 15) is 0 Å². The first-order valence-electron chi connectivity index (χ1n) is 7.24. The van der Waals surface area contributed by atoms with Gasteiger partial charge in [0.05, 0.1) is 9.83 Å². The molecule has 0 bridgehead atoms. The molecule has 0 saturated carbocycles. The maximum absolute atomic E-state index is 3.64. The van der Waals surface area contributed by atoms with Gasteiger partial charge in [0.15, 0.2) is 0 Å². The number of aryl methyl sites for hydroxylation is 3. The lowest BCUT2D eigenvalue weighted by atomic mass is 9.89. The molecule has 2 aromatic rings. The first kappa shape index (κ1) is 14.3. The van der Waals surface area contributed by atoms with Gasteiger partial charge < -0.3 is 5.32 Å². The molecule has 20 heavy (non-hydrogen) atoms. The van der Waals surface area contributed by atoms with Crippen molar-refractivity contribution in [3.05, 3.63) is 55.2 Å². The SMILES string of the molecule is CNC(c1ccc2c(c1)CCCC2)c1cc(C)c(Br)s1. The summed E-state index contributed by atoms with van der Waals surface area (Å²) in [5.41, 5.74) is 5.82. The number of halogens is 1. The molecule has 1 heterocycles. The van der Waals surface area contributed by atoms with E-state index in [1.54, 1.807) is 11.1 Å². The molecule has 0 fully saturated rings. The van der Waals surface area contributed by atoms with Crippen molar-refractivity contribution < 1.29 is 0 Å². The van der Waals surface area contributed by atoms with Gasteiger partial charge >= 0.3 is 0 Å². The number of nitrogens with one attached hydrogen (secondary N) is 1. The molecule has 1 atom stereocenters. The summed E-state index contributed by atoms with van der Waals surface area (Å²) in [4.78, 5) is 1.38. The number of hydrogen-bond donors (Lipinski definition) is 1. The Morgan fingerprint density at radius 1 is 1.15 bits per heavy atom. The summed E-state index contributed by atoms with van der Waals surface area (Å²) in [6.07, 6.45) is 5.18. The lowest BCUT2D eigenvalue weighted by molar-refractivity contribution is 0.672. The minimum absolute atomic E-state index is 0.303. The Labute approximate surface area is 133 Å². The molecule has 106 valence electrons. The van der Waals surface area contributed by atoms with Crippen LogP contribution in [0.3, 0.4) is 0 Å². The molecule has 1 aliphatic carbocycles. The van der Waals surface area contributed by atoms with Gasteiger partial charge in [-0.15, -0.1) is 11.3 Å². The van der Waals surface area contributed by atoms with E-state index in [1.807, 2.05) is 18.4 Å². The highest BCUT2D eigenvalue weighted by molar-refractivity contribution is 9.11. The number of thiophene rings is 1. The molecule has 0 radical (unpaired) electrons. The molecular weight excluding hydrogens is 330 g/mol. The molecule has 1 aliphatic rings. The van der Waals surface area contributed by atoms with E-state index in [-0.39, 0.29) is 0 Å². The predicted octanol–water partition coefficient (Wildman–Crippen LogP) is 5.01. The van der Waals surface area contributed by atoms with E-state index in [0.717, 1.165) is 0 Å². The summed E-state index contributed by atoms with van der Waals surface area (Å²) >= 11 is 5.47. The van der Waals surface area contributed by atoms with E-state index in [2.05, 4.69) is 52.4 Å². The fourth-order valence-corrected chi connectivity index (χ4v) is 4.74. The second-order valence-electron chi connectivity index (χ2n) is 5.56. The van der Waals surface area contributed by atoms with Crippen LogP contribution in [0.4, 0.5) is 0 Å². The Bertz CT molecular complexity index is 598. The highest BCUT2D eigenvalue weighted by Crippen LogP contribution is 2.35. The van der Waals surface area contributed by atoms with Crippen LogP contribution in [0.1, 0.15) is 46.0 Å². The van der Waals surface area contributed by atoms with Crippen molar-refractivity contribution in [2.24, 2.45) is 0 Å². The largest absolute Gasteiger partial charge is 0.309 e. The molecule has 0 saturated heterocycles. The average Bonchev–Trinajstić information content (AvgIpc) is 2.79. The minimum atomic E-state index is 0.303. The Morgan fingerprint density at radius 2 is 1.90 bits per heavy atom. The molecule has 3 heteroatoms. The number of fused-ring (bicyclic) bond motifs is 1. The third-order valence-electron chi connectivity index (χ3n) is 4.16. The molecule has 1 nitrogen and oxygen atoms in total. The standard InChI is InChI=1S/C17H20BrNS/c1-11-9-15(20-17(11)18)16(19-2)14-8-7-12-5-3-4-6-13(12)10-14/h7-10,16,19H,3-6H2,1-2H3. The molecule has 1 aromatic heterocycles. The molecule has 1 unspecified atom stereocenters. The van der Waals surface area contributed by atoms with Crippen molar-refractivity contribution in [1.29, 1.82) is 0 Å². The van der Waals surface area contributed by atoms with E-state index in [0.29, 0.717) is 6.04 Å². The summed E-state index contributed by atoms with van der Waals surface area (Å²) in [5.74, 6) is 0. The van der Waals surface area contributed by atoms with Gasteiger partial charge in [-0.05, 0) is 83.9 Å². The average molecular weight is 350 g/mol. The van der Waals surface area contributed by atoms with Crippen LogP contribution in [0.15, 0.2) is 28.1 Å². The van der Waals surface area contributed by atoms with Crippen LogP contribution in [0.2, 0.25) is 0 Å². The van der Waals surface area contributed by atoms with Crippen molar-refractivity contribution >= 4 is 27.3 Å². The van der Waals surface area contributed by atoms with Gasteiger partial charge in [-0.2, -0.15) is 0 Å². The summed E-state index contributed by atoms with van der Waals surface area (Å²) in [5, 5.41) is 3.47. The van der Waals surface area contributed by atoms with Gasteiger partial charge in [-0.25, -0.2) is 0 Å². The third-order valence-corrected chi connectivity index (χ3v) is 6.36. The lowest BCUT2D eigenvalue weighted by Gasteiger charge is -2.20. The van der Waals surface area contributed by atoms with Crippen LogP contribution < -0.4 is 5.32 Å². The topological polar surface area (TPSA) is 12.0 Å². The maximum Gasteiger partial charge on any atom is 0.0731 e. The van der Waals surface area contributed by atoms with Crippen molar-refractivity contribution in [1.82, 2.24) is 5.32 Å². The number of hydrogen-bond acceptors (Lipinski definition) is 2. The molecular formula is C17H20BrNS. The lowest BCUT2D eigenvalue weighted by Crippen LogP contribution is -2.17. The first-order valence-corrected chi connectivity index (χ1v) is 8.85.